The van der Waals surface area contributed by atoms with Crippen molar-refractivity contribution < 1.29 is 37.2 Å². The number of imidazole rings is 1. The van der Waals surface area contributed by atoms with E-state index in [0.717, 1.165) is 77.9 Å². The molecule has 6 aromatic carbocycles. The van der Waals surface area contributed by atoms with Gasteiger partial charge in [-0.25, -0.2) is 0 Å². The number of aryl methyl sites for hydroxylation is 3. The van der Waals surface area contributed by atoms with Gasteiger partial charge in [-0.05, 0) is 84.4 Å². The number of hydrogen-bond donors (Lipinski definition) is 0. The third kappa shape index (κ3) is 7.33. The van der Waals surface area contributed by atoms with Crippen LogP contribution in [0, 0.1) is 32.8 Å². The molecule has 59 heavy (non-hydrogen) atoms. The number of nitrogens with zero attached hydrogens (tertiary/aromatic N) is 3. The number of fused-ring (bicyclic) bond motifs is 5. The fourth-order valence-electron chi connectivity index (χ4n) is 7.81. The van der Waals surface area contributed by atoms with Gasteiger partial charge in [0.15, 0.2) is 0 Å². The minimum absolute atomic E-state index is 0. The Morgan fingerprint density at radius 2 is 1.37 bits per heavy atom. The summed E-state index contributed by atoms with van der Waals surface area (Å²) in [5.74, 6) is 2.24. The van der Waals surface area contributed by atoms with E-state index in [-0.39, 0.29) is 43.1 Å². The van der Waals surface area contributed by atoms with E-state index in [1.165, 1.54) is 35.5 Å². The van der Waals surface area contributed by atoms with Crippen LogP contribution in [0.4, 0.5) is 0 Å². The van der Waals surface area contributed by atoms with Gasteiger partial charge in [-0.2, -0.15) is 0 Å². The Morgan fingerprint density at radius 3 is 2.03 bits per heavy atom. The van der Waals surface area contributed by atoms with Crippen LogP contribution in [-0.4, -0.2) is 14.5 Å². The van der Waals surface area contributed by atoms with Crippen molar-refractivity contribution in [2.75, 3.05) is 0 Å². The van der Waals surface area contributed by atoms with E-state index in [1.807, 2.05) is 30.3 Å². The molecule has 6 heteroatoms. The molecule has 0 aliphatic carbocycles. The first-order valence-electron chi connectivity index (χ1n) is 22.5. The number of pyridine rings is 1. The predicted octanol–water partition coefficient (Wildman–Crippen LogP) is 14.5. The maximum atomic E-state index is 7.28. The molecule has 0 saturated heterocycles. The number of rotatable bonds is 6. The van der Waals surface area contributed by atoms with Crippen LogP contribution < -0.4 is 0 Å². The Morgan fingerprint density at radius 1 is 0.695 bits per heavy atom. The molecule has 0 atom stereocenters. The number of furan rings is 2. The standard InChI is InChI=1S/C40H33N2O2.C13H12N.Ir/c1-23(2)31-21-26(38-25(5)27-13-6-10-19-35(27)43-38)22-32(24(3)4)37(31)42-34-18-9-8-17-33(34)41-40(42)30-16-12-15-29-28-14-7-11-20-36(28)44-39(29)30;1-10-3-6-12(7-4-10)13-8-5-11(2)9-14-13;/h6-15,17-24H,1-5H3;3-6,8-9H,1-2H3;/q2*-1;/i;1D3,2D3;. The SMILES string of the molecule is Cc1c(-c2cc(C(C)C)c(-n3c(-c4[c-]ccc5c4oc4ccccc45)nc4ccccc43)c(C(C)C)c2)oc2ccccc12.[2H]C([2H])([2H])c1c[c-]c(-c2ccc(C([2H])([2H])[2H])cn2)cc1.[Ir]. The van der Waals surface area contributed by atoms with Crippen LogP contribution in [0.5, 0.6) is 0 Å². The first kappa shape index (κ1) is 32.8. The van der Waals surface area contributed by atoms with Crippen LogP contribution in [0.1, 0.15) is 75.6 Å². The zero-order chi connectivity index (χ0) is 45.1. The summed E-state index contributed by atoms with van der Waals surface area (Å²) in [6, 6.07) is 47.6. The summed E-state index contributed by atoms with van der Waals surface area (Å²) in [7, 11) is 0. The fourth-order valence-corrected chi connectivity index (χ4v) is 7.81. The topological polar surface area (TPSA) is 57.0 Å². The van der Waals surface area contributed by atoms with Gasteiger partial charge in [0.25, 0.3) is 0 Å². The quantitative estimate of drug-likeness (QED) is 0.156. The molecule has 10 rings (SSSR count). The Labute approximate surface area is 367 Å². The molecule has 0 aliphatic rings. The molecule has 10 aromatic rings. The van der Waals surface area contributed by atoms with E-state index in [2.05, 4.69) is 123 Å². The number of para-hydroxylation sites is 4. The molecule has 5 nitrogen and oxygen atoms in total. The normalized spacial score (nSPS) is 13.4. The van der Waals surface area contributed by atoms with E-state index in [0.29, 0.717) is 11.3 Å². The summed E-state index contributed by atoms with van der Waals surface area (Å²) >= 11 is 0. The Balaban J connectivity index is 0.000000232. The van der Waals surface area contributed by atoms with Gasteiger partial charge in [-0.1, -0.05) is 106 Å². The fraction of sp³-hybridized carbons (Fsp3) is 0.170. The molecule has 0 bridgehead atoms. The molecule has 0 aliphatic heterocycles. The van der Waals surface area contributed by atoms with Crippen LogP contribution in [0.25, 0.3) is 83.6 Å². The van der Waals surface area contributed by atoms with E-state index in [1.54, 1.807) is 12.1 Å². The van der Waals surface area contributed by atoms with Crippen molar-refractivity contribution in [3.05, 3.63) is 174 Å². The molecule has 0 saturated carbocycles. The van der Waals surface area contributed by atoms with Crippen molar-refractivity contribution in [3.8, 4) is 39.7 Å². The largest absolute Gasteiger partial charge is 0.501 e. The molecular weight excluding hydrogens is 903 g/mol. The maximum absolute atomic E-state index is 7.28. The summed E-state index contributed by atoms with van der Waals surface area (Å²) < 4.78 is 59.0. The van der Waals surface area contributed by atoms with Crippen LogP contribution in [0.15, 0.2) is 142 Å². The summed E-state index contributed by atoms with van der Waals surface area (Å²) in [4.78, 5) is 9.33. The van der Waals surface area contributed by atoms with E-state index in [9.17, 15) is 0 Å². The van der Waals surface area contributed by atoms with Gasteiger partial charge in [-0.15, -0.1) is 53.6 Å². The number of benzene rings is 6. The number of aromatic nitrogens is 3. The van der Waals surface area contributed by atoms with Crippen molar-refractivity contribution in [1.29, 1.82) is 0 Å². The van der Waals surface area contributed by atoms with E-state index >= 15 is 0 Å². The zero-order valence-electron chi connectivity index (χ0n) is 39.3. The molecule has 295 valence electrons. The van der Waals surface area contributed by atoms with Crippen LogP contribution >= 0.6 is 0 Å². The molecule has 0 amide bonds. The molecule has 1 radical (unpaired) electrons. The zero-order valence-corrected chi connectivity index (χ0v) is 35.7. The van der Waals surface area contributed by atoms with E-state index in [4.69, 9.17) is 22.0 Å². The third-order valence-corrected chi connectivity index (χ3v) is 10.7. The van der Waals surface area contributed by atoms with Gasteiger partial charge in [0.1, 0.15) is 16.9 Å². The van der Waals surface area contributed by atoms with Crippen molar-refractivity contribution in [3.63, 3.8) is 0 Å². The Bertz CT molecular complexity index is 3240. The molecule has 4 heterocycles. The predicted molar refractivity (Wildman–Crippen MR) is 239 cm³/mol. The van der Waals surface area contributed by atoms with Crippen molar-refractivity contribution >= 4 is 43.9 Å². The van der Waals surface area contributed by atoms with Crippen molar-refractivity contribution in [1.82, 2.24) is 14.5 Å². The summed E-state index contributed by atoms with van der Waals surface area (Å²) in [6.07, 6.45) is 1.30. The molecule has 0 N–H and O–H groups in total. The molecule has 0 unspecified atom stereocenters. The van der Waals surface area contributed by atoms with Gasteiger partial charge in [0.2, 0.25) is 0 Å². The second-order valence-electron chi connectivity index (χ2n) is 15.2. The minimum Gasteiger partial charge on any atom is -0.501 e. The first-order chi connectivity index (χ1) is 30.6. The Hall–Kier alpha value is -6.07. The summed E-state index contributed by atoms with van der Waals surface area (Å²) in [5, 5.41) is 3.31. The number of hydrogen-bond acceptors (Lipinski definition) is 4. The van der Waals surface area contributed by atoms with Gasteiger partial charge in [0.05, 0.1) is 22.4 Å². The van der Waals surface area contributed by atoms with Crippen LogP contribution in [0.3, 0.4) is 0 Å². The first-order valence-corrected chi connectivity index (χ1v) is 19.5. The molecule has 0 spiro atoms. The second kappa shape index (κ2) is 16.3. The molecule has 4 aromatic heterocycles. The van der Waals surface area contributed by atoms with Gasteiger partial charge < -0.3 is 18.4 Å². The van der Waals surface area contributed by atoms with E-state index < -0.39 is 13.7 Å². The monoisotopic (exact) mass is 954 g/mol. The van der Waals surface area contributed by atoms with Gasteiger partial charge in [0, 0.05) is 62.1 Å². The van der Waals surface area contributed by atoms with Gasteiger partial charge in [-0.3, -0.25) is 4.98 Å². The smallest absolute Gasteiger partial charge is 0.138 e. The van der Waals surface area contributed by atoms with Crippen LogP contribution in [0.2, 0.25) is 0 Å². The summed E-state index contributed by atoms with van der Waals surface area (Å²) in [5.41, 5.74) is 12.9. The van der Waals surface area contributed by atoms with Gasteiger partial charge >= 0.3 is 0 Å². The summed E-state index contributed by atoms with van der Waals surface area (Å²) in [6.45, 7) is 6.89. The average molecular weight is 954 g/mol. The van der Waals surface area contributed by atoms with Crippen molar-refractivity contribution in [2.45, 2.75) is 60.2 Å². The third-order valence-electron chi connectivity index (χ3n) is 10.7. The van der Waals surface area contributed by atoms with Crippen molar-refractivity contribution in [2.24, 2.45) is 0 Å². The molecule has 0 fully saturated rings. The minimum atomic E-state index is -2.18. The van der Waals surface area contributed by atoms with Crippen LogP contribution in [-0.2, 0) is 20.1 Å². The Kier molecular flexibility index (Phi) is 9.07. The average Bonchev–Trinajstić information content (AvgIpc) is 3.97. The molecular formula is C53H45IrN3O2-2. The second-order valence-corrected chi connectivity index (χ2v) is 15.2. The maximum Gasteiger partial charge on any atom is 0.138 e.